The van der Waals surface area contributed by atoms with Gasteiger partial charge in [-0.1, -0.05) is 49.4 Å². The average molecular weight is 402 g/mol. The van der Waals surface area contributed by atoms with Crippen molar-refractivity contribution < 1.29 is 14.0 Å². The van der Waals surface area contributed by atoms with Crippen LogP contribution in [0, 0.1) is 13.8 Å². The number of aryl methyl sites for hydroxylation is 2. The summed E-state index contributed by atoms with van der Waals surface area (Å²) in [6, 6.07) is 18.5. The van der Waals surface area contributed by atoms with Crippen LogP contribution in [0.5, 0.6) is 0 Å². The van der Waals surface area contributed by atoms with Crippen LogP contribution >= 0.6 is 0 Å². The number of amides is 2. The Balaban J connectivity index is 1.87. The van der Waals surface area contributed by atoms with Crippen molar-refractivity contribution in [2.75, 3.05) is 0 Å². The van der Waals surface area contributed by atoms with Gasteiger partial charge in [0.25, 0.3) is 11.8 Å². The van der Waals surface area contributed by atoms with Crippen LogP contribution in [-0.2, 0) is 4.79 Å². The molecule has 0 radical (unpaired) electrons. The molecule has 5 heteroatoms. The number of rotatable bonds is 7. The van der Waals surface area contributed by atoms with Crippen molar-refractivity contribution in [1.82, 2.24) is 10.6 Å². The van der Waals surface area contributed by atoms with Crippen LogP contribution in [0.1, 0.15) is 52.2 Å². The summed E-state index contributed by atoms with van der Waals surface area (Å²) in [4.78, 5) is 26.0. The monoisotopic (exact) mass is 402 g/mol. The summed E-state index contributed by atoms with van der Waals surface area (Å²) in [5.41, 5.74) is 3.63. The van der Waals surface area contributed by atoms with Gasteiger partial charge in [0, 0.05) is 11.6 Å². The number of carbonyl (C=O) groups is 2. The molecule has 1 atom stereocenters. The highest BCUT2D eigenvalue weighted by molar-refractivity contribution is 6.05. The van der Waals surface area contributed by atoms with E-state index in [0.29, 0.717) is 11.3 Å². The fraction of sp³-hybridized carbons (Fsp3) is 0.200. The fourth-order valence-corrected chi connectivity index (χ4v) is 3.30. The second-order valence-electron chi connectivity index (χ2n) is 7.13. The van der Waals surface area contributed by atoms with Crippen molar-refractivity contribution in [1.29, 1.82) is 0 Å². The van der Waals surface area contributed by atoms with Gasteiger partial charge in [0.15, 0.2) is 0 Å². The largest absolute Gasteiger partial charge is 0.465 e. The molecule has 2 aromatic carbocycles. The second kappa shape index (κ2) is 9.74. The predicted molar refractivity (Wildman–Crippen MR) is 118 cm³/mol. The Morgan fingerprint density at radius 2 is 1.67 bits per heavy atom. The summed E-state index contributed by atoms with van der Waals surface area (Å²) in [5, 5.41) is 5.80. The van der Waals surface area contributed by atoms with E-state index in [1.807, 2.05) is 57.2 Å². The minimum atomic E-state index is -0.372. The van der Waals surface area contributed by atoms with Gasteiger partial charge in [-0.3, -0.25) is 9.59 Å². The number of hydrogen-bond acceptors (Lipinski definition) is 3. The van der Waals surface area contributed by atoms with Crippen molar-refractivity contribution in [3.63, 3.8) is 0 Å². The van der Waals surface area contributed by atoms with Gasteiger partial charge in [-0.05, 0) is 55.2 Å². The molecule has 5 nitrogen and oxygen atoms in total. The van der Waals surface area contributed by atoms with E-state index in [-0.39, 0.29) is 23.6 Å². The number of furan rings is 1. The second-order valence-corrected chi connectivity index (χ2v) is 7.13. The third kappa shape index (κ3) is 5.06. The first kappa shape index (κ1) is 21.1. The number of nitrogens with one attached hydrogen (secondary N) is 2. The average Bonchev–Trinajstić information content (AvgIpc) is 3.25. The summed E-state index contributed by atoms with van der Waals surface area (Å²) in [6.45, 7) is 5.89. The van der Waals surface area contributed by atoms with Crippen LogP contribution in [0.3, 0.4) is 0 Å². The van der Waals surface area contributed by atoms with Gasteiger partial charge in [-0.15, -0.1) is 0 Å². The predicted octanol–water partition coefficient (Wildman–Crippen LogP) is 4.93. The van der Waals surface area contributed by atoms with E-state index in [4.69, 9.17) is 4.42 Å². The fourth-order valence-electron chi connectivity index (χ4n) is 3.30. The maximum atomic E-state index is 13.1. The lowest BCUT2D eigenvalue weighted by Crippen LogP contribution is -2.37. The zero-order valence-corrected chi connectivity index (χ0v) is 17.4. The number of benzene rings is 2. The van der Waals surface area contributed by atoms with Gasteiger partial charge >= 0.3 is 0 Å². The Morgan fingerprint density at radius 1 is 0.967 bits per heavy atom. The summed E-state index contributed by atoms with van der Waals surface area (Å²) in [7, 11) is 0. The molecule has 0 bridgehead atoms. The highest BCUT2D eigenvalue weighted by Gasteiger charge is 2.20. The van der Waals surface area contributed by atoms with Crippen molar-refractivity contribution >= 4 is 17.9 Å². The molecule has 1 aromatic heterocycles. The Bertz CT molecular complexity index is 1050. The van der Waals surface area contributed by atoms with Crippen LogP contribution in [0.4, 0.5) is 0 Å². The smallest absolute Gasteiger partial charge is 0.268 e. The molecule has 0 aliphatic heterocycles. The molecule has 0 aliphatic rings. The van der Waals surface area contributed by atoms with Crippen LogP contribution in [-0.4, -0.2) is 11.8 Å². The number of hydrogen-bond donors (Lipinski definition) is 2. The quantitative estimate of drug-likeness (QED) is 0.550. The van der Waals surface area contributed by atoms with Gasteiger partial charge in [-0.25, -0.2) is 0 Å². The van der Waals surface area contributed by atoms with Crippen LogP contribution in [0.15, 0.2) is 77.0 Å². The third-order valence-corrected chi connectivity index (χ3v) is 4.99. The molecule has 0 saturated heterocycles. The highest BCUT2D eigenvalue weighted by atomic mass is 16.3. The molecule has 0 fully saturated rings. The molecule has 2 N–H and O–H groups in total. The first-order valence-corrected chi connectivity index (χ1v) is 9.98. The van der Waals surface area contributed by atoms with E-state index in [1.165, 1.54) is 12.3 Å². The van der Waals surface area contributed by atoms with E-state index < -0.39 is 0 Å². The van der Waals surface area contributed by atoms with Crippen molar-refractivity contribution in [2.24, 2.45) is 0 Å². The van der Waals surface area contributed by atoms with Crippen molar-refractivity contribution in [3.8, 4) is 0 Å². The molecular formula is C25H26N2O3. The molecule has 0 unspecified atom stereocenters. The Hall–Kier alpha value is -3.60. The summed E-state index contributed by atoms with van der Waals surface area (Å²) in [6.07, 6.45) is 3.78. The maximum absolute atomic E-state index is 13.1. The highest BCUT2D eigenvalue weighted by Crippen LogP contribution is 2.21. The van der Waals surface area contributed by atoms with E-state index in [1.54, 1.807) is 24.3 Å². The van der Waals surface area contributed by atoms with Crippen molar-refractivity contribution in [3.05, 3.63) is 101 Å². The lowest BCUT2D eigenvalue weighted by atomic mass is 9.99. The Labute approximate surface area is 176 Å². The van der Waals surface area contributed by atoms with Crippen LogP contribution in [0.2, 0.25) is 0 Å². The Morgan fingerprint density at radius 3 is 2.30 bits per heavy atom. The summed E-state index contributed by atoms with van der Waals surface area (Å²) in [5.74, 6) is -0.234. The normalized spacial score (nSPS) is 12.3. The van der Waals surface area contributed by atoms with Crippen molar-refractivity contribution in [2.45, 2.75) is 33.2 Å². The van der Waals surface area contributed by atoms with E-state index in [9.17, 15) is 9.59 Å². The molecule has 2 amide bonds. The van der Waals surface area contributed by atoms with Gasteiger partial charge in [0.05, 0.1) is 12.3 Å². The van der Waals surface area contributed by atoms with Gasteiger partial charge in [0.1, 0.15) is 11.5 Å². The first-order chi connectivity index (χ1) is 14.5. The molecule has 0 spiro atoms. The Kier molecular flexibility index (Phi) is 6.86. The van der Waals surface area contributed by atoms with Crippen LogP contribution in [0.25, 0.3) is 6.08 Å². The molecule has 154 valence electrons. The molecule has 1 heterocycles. The standard InChI is InChI=1S/C25H26N2O3/c1-4-22(20-13-7-5-10-17(20)2)26-25(29)23(16-19-12-9-15-30-19)27-24(28)21-14-8-6-11-18(21)3/h5-16,22H,4H2,1-3H3,(H,26,29)(H,27,28)/b23-16-/t22-/m1/s1. The summed E-state index contributed by atoms with van der Waals surface area (Å²) < 4.78 is 5.35. The minimum absolute atomic E-state index is 0.130. The van der Waals surface area contributed by atoms with E-state index in [0.717, 1.165) is 23.1 Å². The first-order valence-electron chi connectivity index (χ1n) is 9.98. The maximum Gasteiger partial charge on any atom is 0.268 e. The van der Waals surface area contributed by atoms with E-state index in [2.05, 4.69) is 10.6 Å². The molecular weight excluding hydrogens is 376 g/mol. The number of carbonyl (C=O) groups excluding carboxylic acids is 2. The lowest BCUT2D eigenvalue weighted by molar-refractivity contribution is -0.118. The van der Waals surface area contributed by atoms with Gasteiger partial charge in [0.2, 0.25) is 0 Å². The zero-order chi connectivity index (χ0) is 21.5. The third-order valence-electron chi connectivity index (χ3n) is 4.99. The minimum Gasteiger partial charge on any atom is -0.465 e. The molecule has 3 aromatic rings. The molecule has 0 saturated carbocycles. The summed E-state index contributed by atoms with van der Waals surface area (Å²) >= 11 is 0. The molecule has 30 heavy (non-hydrogen) atoms. The van der Waals surface area contributed by atoms with Gasteiger partial charge < -0.3 is 15.1 Å². The SMILES string of the molecule is CC[C@@H](NC(=O)/C(=C/c1ccco1)NC(=O)c1ccccc1C)c1ccccc1C. The molecule has 3 rings (SSSR count). The van der Waals surface area contributed by atoms with E-state index >= 15 is 0 Å². The topological polar surface area (TPSA) is 71.3 Å². The van der Waals surface area contributed by atoms with Gasteiger partial charge in [-0.2, -0.15) is 0 Å². The zero-order valence-electron chi connectivity index (χ0n) is 17.4. The van der Waals surface area contributed by atoms with Crippen LogP contribution < -0.4 is 10.6 Å². The molecule has 0 aliphatic carbocycles. The lowest BCUT2D eigenvalue weighted by Gasteiger charge is -2.21.